The van der Waals surface area contributed by atoms with Gasteiger partial charge in [-0.15, -0.1) is 11.6 Å². The van der Waals surface area contributed by atoms with Gasteiger partial charge in [0.2, 0.25) is 0 Å². The van der Waals surface area contributed by atoms with Crippen LogP contribution in [0.4, 0.5) is 0 Å². The van der Waals surface area contributed by atoms with E-state index < -0.39 is 0 Å². The second-order valence-corrected chi connectivity index (χ2v) is 3.42. The molecule has 1 N–H and O–H groups in total. The molecule has 0 unspecified atom stereocenters. The molecule has 0 radical (unpaired) electrons. The summed E-state index contributed by atoms with van der Waals surface area (Å²) in [5.74, 6) is 0. The fraction of sp³-hybridized carbons (Fsp3) is 0.400. The third kappa shape index (κ3) is 3.24. The highest BCUT2D eigenvalue weighted by Crippen LogP contribution is 2.08. The maximum absolute atomic E-state index is 8.68. The van der Waals surface area contributed by atoms with Gasteiger partial charge in [-0.05, 0) is 18.4 Å². The van der Waals surface area contributed by atoms with Gasteiger partial charge in [-0.2, -0.15) is 0 Å². The van der Waals surface area contributed by atoms with Crippen molar-refractivity contribution in [3.8, 4) is 0 Å². The van der Waals surface area contributed by atoms with E-state index in [1.54, 1.807) is 0 Å². The van der Waals surface area contributed by atoms with Crippen molar-refractivity contribution in [2.45, 2.75) is 18.2 Å². The average molecular weight is 185 g/mol. The molecule has 1 aromatic carbocycles. The molecule has 0 heterocycles. The smallest absolute Gasteiger partial charge is 0.0595 e. The minimum atomic E-state index is -0.106. The maximum Gasteiger partial charge on any atom is 0.0595 e. The van der Waals surface area contributed by atoms with Crippen LogP contribution < -0.4 is 0 Å². The van der Waals surface area contributed by atoms with Crippen LogP contribution in [0.15, 0.2) is 30.3 Å². The number of benzene rings is 1. The molecule has 0 aliphatic rings. The molecule has 12 heavy (non-hydrogen) atoms. The van der Waals surface area contributed by atoms with Crippen LogP contribution in [0, 0.1) is 0 Å². The van der Waals surface area contributed by atoms with E-state index in [4.69, 9.17) is 16.7 Å². The van der Waals surface area contributed by atoms with Crippen LogP contribution in [-0.4, -0.2) is 17.1 Å². The van der Waals surface area contributed by atoms with Crippen LogP contribution in [0.25, 0.3) is 0 Å². The van der Waals surface area contributed by atoms with Crippen molar-refractivity contribution in [3.05, 3.63) is 35.9 Å². The fourth-order valence-corrected chi connectivity index (χ4v) is 1.17. The van der Waals surface area contributed by atoms with Crippen molar-refractivity contribution in [2.24, 2.45) is 0 Å². The zero-order valence-electron chi connectivity index (χ0n) is 6.91. The Bertz CT molecular complexity index is 210. The van der Waals surface area contributed by atoms with Gasteiger partial charge in [0.15, 0.2) is 0 Å². The van der Waals surface area contributed by atoms with Gasteiger partial charge >= 0.3 is 0 Å². The first kappa shape index (κ1) is 9.56. The lowest BCUT2D eigenvalue weighted by Gasteiger charge is -2.04. The molecule has 1 atom stereocenters. The molecule has 1 rings (SSSR count). The molecule has 1 nitrogen and oxygen atoms in total. The van der Waals surface area contributed by atoms with E-state index in [0.29, 0.717) is 0 Å². The van der Waals surface area contributed by atoms with Crippen molar-refractivity contribution in [1.82, 2.24) is 0 Å². The minimum Gasteiger partial charge on any atom is -0.395 e. The second-order valence-electron chi connectivity index (χ2n) is 2.80. The molecular formula is C10H13ClO. The highest BCUT2D eigenvalue weighted by molar-refractivity contribution is 6.20. The maximum atomic E-state index is 8.68. The van der Waals surface area contributed by atoms with Crippen LogP contribution in [-0.2, 0) is 6.42 Å². The summed E-state index contributed by atoms with van der Waals surface area (Å²) in [5, 5.41) is 8.57. The van der Waals surface area contributed by atoms with E-state index in [-0.39, 0.29) is 12.0 Å². The number of rotatable bonds is 4. The molecular weight excluding hydrogens is 172 g/mol. The van der Waals surface area contributed by atoms with Crippen molar-refractivity contribution < 1.29 is 5.11 Å². The summed E-state index contributed by atoms with van der Waals surface area (Å²) in [6.45, 7) is 0.0639. The SMILES string of the molecule is OC[C@@H](Cl)CCc1ccccc1. The predicted octanol–water partition coefficient (Wildman–Crippen LogP) is 2.22. The van der Waals surface area contributed by atoms with Gasteiger partial charge in [-0.3, -0.25) is 0 Å². The first-order valence-electron chi connectivity index (χ1n) is 4.12. The molecule has 0 aliphatic heterocycles. The highest BCUT2D eigenvalue weighted by Gasteiger charge is 2.01. The summed E-state index contributed by atoms with van der Waals surface area (Å²) in [6, 6.07) is 10.2. The molecule has 66 valence electrons. The Morgan fingerprint density at radius 1 is 1.25 bits per heavy atom. The molecule has 0 aromatic heterocycles. The second kappa shape index (κ2) is 5.18. The van der Waals surface area contributed by atoms with Gasteiger partial charge < -0.3 is 5.11 Å². The molecule has 0 fully saturated rings. The molecule has 0 saturated heterocycles. The first-order valence-corrected chi connectivity index (χ1v) is 4.55. The fourth-order valence-electron chi connectivity index (χ4n) is 1.06. The van der Waals surface area contributed by atoms with Gasteiger partial charge in [0.25, 0.3) is 0 Å². The Balaban J connectivity index is 2.33. The lowest BCUT2D eigenvalue weighted by Crippen LogP contribution is -2.05. The van der Waals surface area contributed by atoms with Crippen molar-refractivity contribution in [1.29, 1.82) is 0 Å². The molecule has 0 saturated carbocycles. The molecule has 0 spiro atoms. The lowest BCUT2D eigenvalue weighted by atomic mass is 10.1. The number of aryl methyl sites for hydroxylation is 1. The number of hydrogen-bond donors (Lipinski definition) is 1. The quantitative estimate of drug-likeness (QED) is 0.712. The van der Waals surface area contributed by atoms with E-state index in [1.165, 1.54) is 5.56 Å². The van der Waals surface area contributed by atoms with Crippen LogP contribution in [0.5, 0.6) is 0 Å². The van der Waals surface area contributed by atoms with Crippen LogP contribution in [0.1, 0.15) is 12.0 Å². The summed E-state index contributed by atoms with van der Waals surface area (Å²) in [5.41, 5.74) is 1.27. The van der Waals surface area contributed by atoms with Gasteiger partial charge in [-0.1, -0.05) is 30.3 Å². The van der Waals surface area contributed by atoms with E-state index in [9.17, 15) is 0 Å². The van der Waals surface area contributed by atoms with E-state index in [2.05, 4.69) is 12.1 Å². The van der Waals surface area contributed by atoms with Gasteiger partial charge in [0, 0.05) is 0 Å². The van der Waals surface area contributed by atoms with Gasteiger partial charge in [-0.25, -0.2) is 0 Å². The third-order valence-corrected chi connectivity index (χ3v) is 2.14. The van der Waals surface area contributed by atoms with E-state index in [1.807, 2.05) is 18.2 Å². The summed E-state index contributed by atoms with van der Waals surface area (Å²) in [6.07, 6.45) is 1.78. The van der Waals surface area contributed by atoms with Gasteiger partial charge in [0.1, 0.15) is 0 Å². The summed E-state index contributed by atoms with van der Waals surface area (Å²) >= 11 is 5.77. The van der Waals surface area contributed by atoms with E-state index in [0.717, 1.165) is 12.8 Å². The number of hydrogen-bond acceptors (Lipinski definition) is 1. The summed E-state index contributed by atoms with van der Waals surface area (Å²) < 4.78 is 0. The number of halogens is 1. The third-order valence-electron chi connectivity index (χ3n) is 1.79. The largest absolute Gasteiger partial charge is 0.395 e. The monoisotopic (exact) mass is 184 g/mol. The van der Waals surface area contributed by atoms with Crippen molar-refractivity contribution in [3.63, 3.8) is 0 Å². The molecule has 0 amide bonds. The zero-order valence-corrected chi connectivity index (χ0v) is 7.67. The first-order chi connectivity index (χ1) is 5.83. The standard InChI is InChI=1S/C10H13ClO/c11-10(8-12)7-6-9-4-2-1-3-5-9/h1-5,10,12H,6-8H2/t10-/m0/s1. The summed E-state index contributed by atoms with van der Waals surface area (Å²) in [4.78, 5) is 0. The number of aliphatic hydroxyl groups is 1. The summed E-state index contributed by atoms with van der Waals surface area (Å²) in [7, 11) is 0. The van der Waals surface area contributed by atoms with Crippen LogP contribution in [0.2, 0.25) is 0 Å². The normalized spacial score (nSPS) is 12.8. The molecule has 1 aromatic rings. The highest BCUT2D eigenvalue weighted by atomic mass is 35.5. The Morgan fingerprint density at radius 2 is 1.92 bits per heavy atom. The van der Waals surface area contributed by atoms with Crippen molar-refractivity contribution in [2.75, 3.05) is 6.61 Å². The zero-order chi connectivity index (χ0) is 8.81. The number of alkyl halides is 1. The molecule has 0 aliphatic carbocycles. The van der Waals surface area contributed by atoms with Crippen LogP contribution >= 0.6 is 11.6 Å². The Hall–Kier alpha value is -0.530. The number of aliphatic hydroxyl groups excluding tert-OH is 1. The Morgan fingerprint density at radius 3 is 2.50 bits per heavy atom. The van der Waals surface area contributed by atoms with Crippen molar-refractivity contribution >= 4 is 11.6 Å². The van der Waals surface area contributed by atoms with Crippen LogP contribution in [0.3, 0.4) is 0 Å². The lowest BCUT2D eigenvalue weighted by molar-refractivity contribution is 0.288. The Kier molecular flexibility index (Phi) is 4.12. The van der Waals surface area contributed by atoms with E-state index >= 15 is 0 Å². The van der Waals surface area contributed by atoms with Gasteiger partial charge in [0.05, 0.1) is 12.0 Å². The average Bonchev–Trinajstić information content (AvgIpc) is 2.16. The predicted molar refractivity (Wildman–Crippen MR) is 51.5 cm³/mol. The Labute approximate surface area is 78.0 Å². The minimum absolute atomic E-state index is 0.0639. The molecule has 0 bridgehead atoms. The molecule has 2 heteroatoms. The topological polar surface area (TPSA) is 20.2 Å².